The zero-order valence-electron chi connectivity index (χ0n) is 10.7. The Balaban J connectivity index is 2.04. The van der Waals surface area contributed by atoms with E-state index < -0.39 is 0 Å². The number of hydrogen-bond acceptors (Lipinski definition) is 5. The average molecular weight is 236 g/mol. The quantitative estimate of drug-likeness (QED) is 0.847. The summed E-state index contributed by atoms with van der Waals surface area (Å²) in [6, 6.07) is 2.01. The molecule has 0 aromatic carbocycles. The van der Waals surface area contributed by atoms with E-state index in [2.05, 4.69) is 27.4 Å². The molecule has 2 rings (SSSR count). The lowest BCUT2D eigenvalue weighted by Crippen LogP contribution is -2.47. The van der Waals surface area contributed by atoms with Gasteiger partial charge < -0.3 is 15.1 Å². The molecule has 0 spiro atoms. The van der Waals surface area contributed by atoms with Crippen molar-refractivity contribution in [2.75, 3.05) is 45.8 Å². The van der Waals surface area contributed by atoms with Gasteiger partial charge in [0.05, 0.1) is 19.0 Å². The molecule has 1 aromatic heterocycles. The van der Waals surface area contributed by atoms with Crippen LogP contribution in [0.15, 0.2) is 12.3 Å². The number of methoxy groups -OCH3 is 1. The fourth-order valence-corrected chi connectivity index (χ4v) is 1.89. The van der Waals surface area contributed by atoms with E-state index in [1.807, 2.05) is 13.0 Å². The van der Waals surface area contributed by atoms with E-state index >= 15 is 0 Å². The van der Waals surface area contributed by atoms with Crippen LogP contribution in [0.5, 0.6) is 5.75 Å². The van der Waals surface area contributed by atoms with Crippen LogP contribution < -0.4 is 10.2 Å². The summed E-state index contributed by atoms with van der Waals surface area (Å²) in [5, 5.41) is 2.22. The third kappa shape index (κ3) is 3.08. The van der Waals surface area contributed by atoms with Crippen molar-refractivity contribution < 1.29 is 4.74 Å². The van der Waals surface area contributed by atoms with Crippen LogP contribution in [0.4, 0.5) is 5.69 Å². The van der Waals surface area contributed by atoms with Crippen molar-refractivity contribution in [1.29, 1.82) is 0 Å². The first kappa shape index (κ1) is 12.1. The molecule has 0 radical (unpaired) electrons. The molecule has 17 heavy (non-hydrogen) atoms. The van der Waals surface area contributed by atoms with E-state index in [9.17, 15) is 0 Å². The summed E-state index contributed by atoms with van der Waals surface area (Å²) in [7, 11) is 3.82. The summed E-state index contributed by atoms with van der Waals surface area (Å²) in [4.78, 5) is 6.55. The van der Waals surface area contributed by atoms with E-state index in [-0.39, 0.29) is 0 Å². The van der Waals surface area contributed by atoms with Gasteiger partial charge in [0.15, 0.2) is 5.75 Å². The summed E-state index contributed by atoms with van der Waals surface area (Å²) in [5.74, 6) is 0.787. The first-order chi connectivity index (χ1) is 8.19. The lowest BCUT2D eigenvalue weighted by molar-refractivity contribution is 0.178. The molecule has 5 nitrogen and oxygen atoms in total. The van der Waals surface area contributed by atoms with Crippen molar-refractivity contribution in [2.45, 2.75) is 6.92 Å². The zero-order chi connectivity index (χ0) is 12.3. The van der Waals surface area contributed by atoms with Crippen LogP contribution in [0.2, 0.25) is 0 Å². The number of rotatable bonds is 3. The van der Waals surface area contributed by atoms with Crippen LogP contribution in [0, 0.1) is 6.92 Å². The van der Waals surface area contributed by atoms with Gasteiger partial charge in [-0.3, -0.25) is 4.98 Å². The SMILES string of the molecule is COc1cnc(C)cc1NN1CCN(C)CC1. The van der Waals surface area contributed by atoms with E-state index in [1.165, 1.54) is 0 Å². The first-order valence-electron chi connectivity index (χ1n) is 5.90. The zero-order valence-corrected chi connectivity index (χ0v) is 10.7. The van der Waals surface area contributed by atoms with Gasteiger partial charge in [-0.05, 0) is 20.0 Å². The number of aryl methyl sites for hydroxylation is 1. The minimum atomic E-state index is 0.787. The van der Waals surface area contributed by atoms with Gasteiger partial charge in [0.1, 0.15) is 0 Å². The number of nitrogens with one attached hydrogen (secondary N) is 1. The molecular formula is C12H20N4O. The number of aromatic nitrogens is 1. The van der Waals surface area contributed by atoms with Crippen LogP contribution in [0.1, 0.15) is 5.69 Å². The Morgan fingerprint density at radius 1 is 1.29 bits per heavy atom. The van der Waals surface area contributed by atoms with E-state index in [4.69, 9.17) is 4.74 Å². The molecule has 1 aromatic rings. The predicted octanol–water partition coefficient (Wildman–Crippen LogP) is 0.973. The number of pyridine rings is 1. The Morgan fingerprint density at radius 3 is 2.65 bits per heavy atom. The number of likely N-dealkylation sites (N-methyl/N-ethyl adjacent to an activating group) is 1. The average Bonchev–Trinajstić information content (AvgIpc) is 2.32. The molecule has 0 unspecified atom stereocenters. The fraction of sp³-hybridized carbons (Fsp3) is 0.583. The van der Waals surface area contributed by atoms with Crippen molar-refractivity contribution in [3.63, 3.8) is 0 Å². The van der Waals surface area contributed by atoms with Crippen LogP contribution in [-0.4, -0.2) is 55.2 Å². The van der Waals surface area contributed by atoms with E-state index in [0.717, 1.165) is 43.3 Å². The highest BCUT2D eigenvalue weighted by atomic mass is 16.5. The molecule has 1 N–H and O–H groups in total. The van der Waals surface area contributed by atoms with Crippen LogP contribution in [0.25, 0.3) is 0 Å². The normalized spacial score (nSPS) is 18.1. The minimum absolute atomic E-state index is 0.787. The highest BCUT2D eigenvalue weighted by molar-refractivity contribution is 5.55. The van der Waals surface area contributed by atoms with Crippen LogP contribution in [0.3, 0.4) is 0 Å². The highest BCUT2D eigenvalue weighted by Crippen LogP contribution is 2.24. The van der Waals surface area contributed by atoms with Gasteiger partial charge in [-0.25, -0.2) is 5.01 Å². The van der Waals surface area contributed by atoms with E-state index in [0.29, 0.717) is 0 Å². The van der Waals surface area contributed by atoms with Crippen molar-refractivity contribution in [3.05, 3.63) is 18.0 Å². The maximum Gasteiger partial charge on any atom is 0.161 e. The topological polar surface area (TPSA) is 40.6 Å². The molecule has 0 saturated carbocycles. The smallest absolute Gasteiger partial charge is 0.161 e. The second-order valence-electron chi connectivity index (χ2n) is 4.43. The lowest BCUT2D eigenvalue weighted by Gasteiger charge is -2.33. The van der Waals surface area contributed by atoms with Gasteiger partial charge >= 0.3 is 0 Å². The van der Waals surface area contributed by atoms with Gasteiger partial charge in [0, 0.05) is 31.9 Å². The third-order valence-corrected chi connectivity index (χ3v) is 3.01. The van der Waals surface area contributed by atoms with Gasteiger partial charge in [-0.1, -0.05) is 0 Å². The molecule has 94 valence electrons. The van der Waals surface area contributed by atoms with Crippen molar-refractivity contribution >= 4 is 5.69 Å². The number of hydrogen-bond donors (Lipinski definition) is 1. The molecule has 1 saturated heterocycles. The Labute approximate surface area is 102 Å². The number of piperazine rings is 1. The summed E-state index contributed by atoms with van der Waals surface area (Å²) in [5.41, 5.74) is 5.38. The predicted molar refractivity (Wildman–Crippen MR) is 68.2 cm³/mol. The summed E-state index contributed by atoms with van der Waals surface area (Å²) >= 11 is 0. The molecule has 0 aliphatic carbocycles. The van der Waals surface area contributed by atoms with Crippen molar-refractivity contribution in [3.8, 4) is 5.75 Å². The molecule has 5 heteroatoms. The molecule has 0 bridgehead atoms. The molecule has 1 aliphatic heterocycles. The van der Waals surface area contributed by atoms with Gasteiger partial charge in [0.25, 0.3) is 0 Å². The molecule has 0 amide bonds. The van der Waals surface area contributed by atoms with Crippen molar-refractivity contribution in [2.24, 2.45) is 0 Å². The van der Waals surface area contributed by atoms with Crippen LogP contribution in [-0.2, 0) is 0 Å². The lowest BCUT2D eigenvalue weighted by atomic mass is 10.3. The maximum atomic E-state index is 5.30. The second-order valence-corrected chi connectivity index (χ2v) is 4.43. The fourth-order valence-electron chi connectivity index (χ4n) is 1.89. The third-order valence-electron chi connectivity index (χ3n) is 3.01. The van der Waals surface area contributed by atoms with Gasteiger partial charge in [0.2, 0.25) is 0 Å². The molecule has 1 aliphatic rings. The standard InChI is InChI=1S/C12H20N4O/c1-10-8-11(12(17-3)9-13-10)14-16-6-4-15(2)5-7-16/h8-9H,4-7H2,1-3H3,(H,13,14). The summed E-state index contributed by atoms with van der Waals surface area (Å²) < 4.78 is 5.30. The summed E-state index contributed by atoms with van der Waals surface area (Å²) in [6.45, 7) is 6.18. The number of ether oxygens (including phenoxy) is 1. The highest BCUT2D eigenvalue weighted by Gasteiger charge is 2.15. The summed E-state index contributed by atoms with van der Waals surface area (Å²) in [6.07, 6.45) is 1.76. The maximum absolute atomic E-state index is 5.30. The van der Waals surface area contributed by atoms with E-state index in [1.54, 1.807) is 13.3 Å². The number of anilines is 1. The Bertz CT molecular complexity index is 375. The molecule has 2 heterocycles. The van der Waals surface area contributed by atoms with Crippen molar-refractivity contribution in [1.82, 2.24) is 14.9 Å². The Kier molecular flexibility index (Phi) is 3.81. The number of nitrogens with zero attached hydrogens (tertiary/aromatic N) is 3. The largest absolute Gasteiger partial charge is 0.493 e. The van der Waals surface area contributed by atoms with Gasteiger partial charge in [-0.2, -0.15) is 0 Å². The second kappa shape index (κ2) is 5.33. The minimum Gasteiger partial charge on any atom is -0.493 e. The van der Waals surface area contributed by atoms with Gasteiger partial charge in [-0.15, -0.1) is 0 Å². The number of hydrazine groups is 1. The first-order valence-corrected chi connectivity index (χ1v) is 5.90. The molecule has 0 atom stereocenters. The Hall–Kier alpha value is -1.33. The molecule has 1 fully saturated rings. The molecular weight excluding hydrogens is 216 g/mol. The monoisotopic (exact) mass is 236 g/mol. The van der Waals surface area contributed by atoms with Crippen LogP contribution >= 0.6 is 0 Å². The Morgan fingerprint density at radius 2 is 2.00 bits per heavy atom.